The highest BCUT2D eigenvalue weighted by molar-refractivity contribution is 6.31. The van der Waals surface area contributed by atoms with Crippen molar-refractivity contribution in [1.82, 2.24) is 5.16 Å². The van der Waals surface area contributed by atoms with E-state index in [1.54, 1.807) is 37.3 Å². The van der Waals surface area contributed by atoms with Crippen molar-refractivity contribution in [3.63, 3.8) is 0 Å². The maximum Gasteiger partial charge on any atom is 0.172 e. The van der Waals surface area contributed by atoms with E-state index < -0.39 is 0 Å². The van der Waals surface area contributed by atoms with Crippen molar-refractivity contribution < 1.29 is 9.32 Å². The molecule has 6 heteroatoms. The van der Waals surface area contributed by atoms with Crippen LogP contribution >= 0.6 is 23.2 Å². The second-order valence-electron chi connectivity index (χ2n) is 5.38. The number of aldehydes is 1. The SMILES string of the molecule is Cc1cc(C(C=O)=C(Nc2ccc(Cl)cc2)c2ccc(Cl)cc2)on1. The summed E-state index contributed by atoms with van der Waals surface area (Å²) in [4.78, 5) is 11.8. The summed E-state index contributed by atoms with van der Waals surface area (Å²) in [6.45, 7) is 1.80. The number of halogens is 2. The summed E-state index contributed by atoms with van der Waals surface area (Å²) >= 11 is 11.9. The van der Waals surface area contributed by atoms with Crippen LogP contribution in [0.4, 0.5) is 5.69 Å². The molecule has 0 aliphatic rings. The van der Waals surface area contributed by atoms with Gasteiger partial charge in [0.05, 0.1) is 17.0 Å². The van der Waals surface area contributed by atoms with Gasteiger partial charge in [-0.2, -0.15) is 0 Å². The van der Waals surface area contributed by atoms with Gasteiger partial charge in [-0.3, -0.25) is 4.79 Å². The monoisotopic (exact) mass is 372 g/mol. The Balaban J connectivity index is 2.12. The second kappa shape index (κ2) is 7.55. The zero-order valence-corrected chi connectivity index (χ0v) is 14.8. The Kier molecular flexibility index (Phi) is 5.22. The fourth-order valence-corrected chi connectivity index (χ4v) is 2.57. The lowest BCUT2D eigenvalue weighted by Gasteiger charge is -2.14. The molecule has 0 radical (unpaired) electrons. The summed E-state index contributed by atoms with van der Waals surface area (Å²) in [5.41, 5.74) is 3.21. The average Bonchev–Trinajstić information content (AvgIpc) is 3.03. The van der Waals surface area contributed by atoms with Crippen molar-refractivity contribution in [1.29, 1.82) is 0 Å². The third-order valence-corrected chi connectivity index (χ3v) is 4.03. The first-order chi connectivity index (χ1) is 12.1. The maximum atomic E-state index is 11.8. The summed E-state index contributed by atoms with van der Waals surface area (Å²) in [6.07, 6.45) is 0.743. The number of carbonyl (C=O) groups excluding carboxylic acids is 1. The van der Waals surface area contributed by atoms with E-state index in [9.17, 15) is 4.79 Å². The van der Waals surface area contributed by atoms with Gasteiger partial charge >= 0.3 is 0 Å². The van der Waals surface area contributed by atoms with E-state index in [1.807, 2.05) is 24.3 Å². The molecule has 1 heterocycles. The summed E-state index contributed by atoms with van der Waals surface area (Å²) in [6, 6.07) is 16.1. The lowest BCUT2D eigenvalue weighted by Crippen LogP contribution is -2.03. The van der Waals surface area contributed by atoms with Crippen LogP contribution in [-0.4, -0.2) is 11.4 Å². The van der Waals surface area contributed by atoms with Crippen LogP contribution in [0.25, 0.3) is 11.3 Å². The van der Waals surface area contributed by atoms with E-state index in [-0.39, 0.29) is 0 Å². The van der Waals surface area contributed by atoms with Gasteiger partial charge in [0.25, 0.3) is 0 Å². The van der Waals surface area contributed by atoms with Crippen molar-refractivity contribution >= 4 is 46.4 Å². The summed E-state index contributed by atoms with van der Waals surface area (Å²) in [7, 11) is 0. The normalized spacial score (nSPS) is 11.8. The maximum absolute atomic E-state index is 11.8. The highest BCUT2D eigenvalue weighted by Gasteiger charge is 2.16. The van der Waals surface area contributed by atoms with E-state index in [0.29, 0.717) is 32.8 Å². The number of hydrogen-bond acceptors (Lipinski definition) is 4. The first-order valence-corrected chi connectivity index (χ1v) is 8.24. The lowest BCUT2D eigenvalue weighted by molar-refractivity contribution is -0.103. The minimum absolute atomic E-state index is 0.359. The second-order valence-corrected chi connectivity index (χ2v) is 6.25. The zero-order valence-electron chi connectivity index (χ0n) is 13.3. The number of hydrogen-bond donors (Lipinski definition) is 1. The van der Waals surface area contributed by atoms with Gasteiger partial charge in [0, 0.05) is 21.8 Å². The Hall–Kier alpha value is -2.56. The number of aromatic nitrogens is 1. The molecule has 0 saturated heterocycles. The topological polar surface area (TPSA) is 55.1 Å². The fraction of sp³-hybridized carbons (Fsp3) is 0.0526. The van der Waals surface area contributed by atoms with Gasteiger partial charge in [-0.05, 0) is 48.9 Å². The highest BCUT2D eigenvalue weighted by atomic mass is 35.5. The van der Waals surface area contributed by atoms with Crippen LogP contribution in [0.15, 0.2) is 59.1 Å². The highest BCUT2D eigenvalue weighted by Crippen LogP contribution is 2.28. The quantitative estimate of drug-likeness (QED) is 0.476. The number of carbonyl (C=O) groups is 1. The molecule has 1 N–H and O–H groups in total. The minimum atomic E-state index is 0.359. The van der Waals surface area contributed by atoms with Crippen molar-refractivity contribution in [3.8, 4) is 0 Å². The number of rotatable bonds is 5. The molecule has 3 aromatic rings. The van der Waals surface area contributed by atoms with Gasteiger partial charge in [-0.1, -0.05) is 40.5 Å². The van der Waals surface area contributed by atoms with Crippen LogP contribution in [-0.2, 0) is 4.79 Å². The van der Waals surface area contributed by atoms with Gasteiger partial charge in [-0.15, -0.1) is 0 Å². The number of nitrogens with zero attached hydrogens (tertiary/aromatic N) is 1. The zero-order chi connectivity index (χ0) is 17.8. The van der Waals surface area contributed by atoms with Crippen molar-refractivity contribution in [2.45, 2.75) is 6.92 Å². The number of aryl methyl sites for hydroxylation is 1. The van der Waals surface area contributed by atoms with Gasteiger partial charge in [-0.25, -0.2) is 0 Å². The molecular formula is C19H14Cl2N2O2. The Morgan fingerprint density at radius 1 is 1.04 bits per heavy atom. The number of nitrogens with one attached hydrogen (secondary N) is 1. The van der Waals surface area contributed by atoms with Crippen LogP contribution < -0.4 is 5.32 Å². The van der Waals surface area contributed by atoms with Crippen molar-refractivity contribution in [2.75, 3.05) is 5.32 Å². The molecule has 0 aliphatic heterocycles. The van der Waals surface area contributed by atoms with Crippen LogP contribution in [0.2, 0.25) is 10.0 Å². The molecule has 0 amide bonds. The molecule has 0 atom stereocenters. The van der Waals surface area contributed by atoms with Crippen LogP contribution in [0.1, 0.15) is 17.0 Å². The molecule has 4 nitrogen and oxygen atoms in total. The number of anilines is 1. The van der Waals surface area contributed by atoms with Gasteiger partial charge in [0.15, 0.2) is 12.0 Å². The molecule has 0 fully saturated rings. The molecule has 3 rings (SSSR count). The Labute approximate surface area is 155 Å². The largest absolute Gasteiger partial charge is 0.356 e. The molecule has 2 aromatic carbocycles. The van der Waals surface area contributed by atoms with Gasteiger partial charge in [0.1, 0.15) is 0 Å². The number of allylic oxidation sites excluding steroid dienone is 1. The van der Waals surface area contributed by atoms with Crippen molar-refractivity contribution in [3.05, 3.63) is 81.7 Å². The van der Waals surface area contributed by atoms with Gasteiger partial charge < -0.3 is 9.84 Å². The summed E-state index contributed by atoms with van der Waals surface area (Å²) in [5.74, 6) is 0.388. The molecule has 0 bridgehead atoms. The van der Waals surface area contributed by atoms with Gasteiger partial charge in [0.2, 0.25) is 0 Å². The predicted molar refractivity (Wildman–Crippen MR) is 101 cm³/mol. The Bertz CT molecular complexity index is 913. The number of benzene rings is 2. The molecule has 126 valence electrons. The standard InChI is InChI=1S/C19H14Cl2N2O2/c1-12-10-18(25-23-12)17(11-24)19(13-2-4-14(20)5-3-13)22-16-8-6-15(21)7-9-16/h2-11,22H,1H3. The summed E-state index contributed by atoms with van der Waals surface area (Å²) < 4.78 is 5.27. The average molecular weight is 373 g/mol. The predicted octanol–water partition coefficient (Wildman–Crippen LogP) is 5.47. The summed E-state index contributed by atoms with van der Waals surface area (Å²) in [5, 5.41) is 8.36. The molecule has 0 aliphatic carbocycles. The first kappa shape index (κ1) is 17.3. The smallest absolute Gasteiger partial charge is 0.172 e. The van der Waals surface area contributed by atoms with E-state index in [1.165, 1.54) is 0 Å². The lowest BCUT2D eigenvalue weighted by atomic mass is 10.0. The van der Waals surface area contributed by atoms with E-state index in [0.717, 1.165) is 17.5 Å². The van der Waals surface area contributed by atoms with Crippen LogP contribution in [0, 0.1) is 6.92 Å². The minimum Gasteiger partial charge on any atom is -0.356 e. The Morgan fingerprint density at radius 3 is 2.16 bits per heavy atom. The molecule has 0 unspecified atom stereocenters. The van der Waals surface area contributed by atoms with E-state index in [4.69, 9.17) is 27.7 Å². The van der Waals surface area contributed by atoms with E-state index in [2.05, 4.69) is 10.5 Å². The fourth-order valence-electron chi connectivity index (χ4n) is 2.32. The van der Waals surface area contributed by atoms with Crippen LogP contribution in [0.5, 0.6) is 0 Å². The van der Waals surface area contributed by atoms with Crippen LogP contribution in [0.3, 0.4) is 0 Å². The molecule has 0 spiro atoms. The molecule has 0 saturated carbocycles. The molecule has 25 heavy (non-hydrogen) atoms. The third kappa shape index (κ3) is 4.10. The molecular weight excluding hydrogens is 359 g/mol. The third-order valence-electron chi connectivity index (χ3n) is 3.53. The first-order valence-electron chi connectivity index (χ1n) is 7.48. The van der Waals surface area contributed by atoms with Crippen molar-refractivity contribution in [2.24, 2.45) is 0 Å². The van der Waals surface area contributed by atoms with E-state index >= 15 is 0 Å². The Morgan fingerprint density at radius 2 is 1.64 bits per heavy atom. The molecule has 1 aromatic heterocycles.